The Labute approximate surface area is 155 Å². The van der Waals surface area contributed by atoms with E-state index in [0.29, 0.717) is 27.9 Å². The molecule has 2 aromatic carbocycles. The average Bonchev–Trinajstić information content (AvgIpc) is 2.62. The molecule has 0 fully saturated rings. The molecular weight excluding hydrogens is 362 g/mol. The van der Waals surface area contributed by atoms with E-state index in [4.69, 9.17) is 21.1 Å². The SMILES string of the molecule is COc1cc(OC)c(NC(C)C(=O)Nc2ccc([N+](=O)[O-])cc2)cc1Cl. The molecule has 0 saturated heterocycles. The second-order valence-electron chi connectivity index (χ2n) is 5.35. The molecule has 1 unspecified atom stereocenters. The van der Waals surface area contributed by atoms with Gasteiger partial charge < -0.3 is 20.1 Å². The highest BCUT2D eigenvalue weighted by atomic mass is 35.5. The number of nitro groups is 1. The Morgan fingerprint density at radius 2 is 1.77 bits per heavy atom. The van der Waals surface area contributed by atoms with Crippen LogP contribution >= 0.6 is 11.6 Å². The van der Waals surface area contributed by atoms with Crippen molar-refractivity contribution in [3.8, 4) is 11.5 Å². The average molecular weight is 380 g/mol. The molecule has 0 heterocycles. The monoisotopic (exact) mass is 379 g/mol. The van der Waals surface area contributed by atoms with E-state index >= 15 is 0 Å². The number of nitro benzene ring substituents is 1. The van der Waals surface area contributed by atoms with Crippen LogP contribution in [0.3, 0.4) is 0 Å². The first-order valence-corrected chi connectivity index (χ1v) is 7.97. The summed E-state index contributed by atoms with van der Waals surface area (Å²) in [5.74, 6) is 0.603. The van der Waals surface area contributed by atoms with Crippen LogP contribution in [-0.4, -0.2) is 31.1 Å². The van der Waals surface area contributed by atoms with Gasteiger partial charge in [0.15, 0.2) is 0 Å². The van der Waals surface area contributed by atoms with Gasteiger partial charge >= 0.3 is 0 Å². The maximum atomic E-state index is 12.3. The molecule has 2 N–H and O–H groups in total. The molecule has 0 bridgehead atoms. The maximum Gasteiger partial charge on any atom is 0.269 e. The van der Waals surface area contributed by atoms with Crippen molar-refractivity contribution in [3.63, 3.8) is 0 Å². The lowest BCUT2D eigenvalue weighted by atomic mass is 10.2. The highest BCUT2D eigenvalue weighted by Gasteiger charge is 2.17. The number of non-ortho nitro benzene ring substituents is 1. The third-order valence-corrected chi connectivity index (χ3v) is 3.88. The van der Waals surface area contributed by atoms with E-state index in [9.17, 15) is 14.9 Å². The zero-order valence-corrected chi connectivity index (χ0v) is 15.2. The standard InChI is InChI=1S/C17H18ClN3O5/c1-10(17(22)20-11-4-6-12(7-5-11)21(23)24)19-14-8-13(18)15(25-2)9-16(14)26-3/h4-10,19H,1-3H3,(H,20,22). The topological polar surface area (TPSA) is 103 Å². The van der Waals surface area contributed by atoms with Gasteiger partial charge in [0.2, 0.25) is 5.91 Å². The number of ether oxygens (including phenoxy) is 2. The zero-order valence-electron chi connectivity index (χ0n) is 14.4. The van der Waals surface area contributed by atoms with Crippen molar-refractivity contribution in [1.82, 2.24) is 0 Å². The van der Waals surface area contributed by atoms with Gasteiger partial charge in [0, 0.05) is 23.9 Å². The van der Waals surface area contributed by atoms with E-state index in [0.717, 1.165) is 0 Å². The number of anilines is 2. The summed E-state index contributed by atoms with van der Waals surface area (Å²) in [4.78, 5) is 22.5. The first-order valence-electron chi connectivity index (χ1n) is 7.59. The summed E-state index contributed by atoms with van der Waals surface area (Å²) >= 11 is 6.12. The number of carbonyl (C=O) groups excluding carboxylic acids is 1. The van der Waals surface area contributed by atoms with E-state index in [2.05, 4.69) is 10.6 Å². The molecule has 1 atom stereocenters. The maximum absolute atomic E-state index is 12.3. The molecule has 0 aliphatic rings. The molecule has 0 aliphatic heterocycles. The van der Waals surface area contributed by atoms with E-state index in [1.54, 1.807) is 19.1 Å². The third kappa shape index (κ3) is 4.54. The van der Waals surface area contributed by atoms with Gasteiger partial charge in [-0.2, -0.15) is 0 Å². The van der Waals surface area contributed by atoms with Crippen LogP contribution in [0.1, 0.15) is 6.92 Å². The van der Waals surface area contributed by atoms with Crippen molar-refractivity contribution < 1.29 is 19.2 Å². The van der Waals surface area contributed by atoms with Crippen LogP contribution in [0.5, 0.6) is 11.5 Å². The summed E-state index contributed by atoms with van der Waals surface area (Å²) in [6.07, 6.45) is 0. The molecule has 0 aromatic heterocycles. The van der Waals surface area contributed by atoms with Crippen LogP contribution in [0.4, 0.5) is 17.1 Å². The molecule has 1 amide bonds. The van der Waals surface area contributed by atoms with Gasteiger partial charge in [0.25, 0.3) is 5.69 Å². The first kappa shape index (κ1) is 19.3. The fourth-order valence-electron chi connectivity index (χ4n) is 2.19. The molecule has 2 aromatic rings. The summed E-state index contributed by atoms with van der Waals surface area (Å²) in [6, 6.07) is 8.17. The molecular formula is C17H18ClN3O5. The predicted octanol–water partition coefficient (Wildman–Crippen LogP) is 3.70. The molecule has 0 aliphatic carbocycles. The Balaban J connectivity index is 2.09. The predicted molar refractivity (Wildman–Crippen MR) is 99.4 cm³/mol. The number of carbonyl (C=O) groups is 1. The largest absolute Gasteiger partial charge is 0.495 e. The minimum absolute atomic E-state index is 0.0493. The van der Waals surface area contributed by atoms with Crippen LogP contribution in [-0.2, 0) is 4.79 Å². The van der Waals surface area contributed by atoms with Gasteiger partial charge in [-0.25, -0.2) is 0 Å². The number of nitrogens with one attached hydrogen (secondary N) is 2. The van der Waals surface area contributed by atoms with Crippen LogP contribution in [0.15, 0.2) is 36.4 Å². The summed E-state index contributed by atoms with van der Waals surface area (Å²) in [5.41, 5.74) is 0.936. The quantitative estimate of drug-likeness (QED) is 0.561. The molecule has 0 radical (unpaired) electrons. The number of nitrogens with zero attached hydrogens (tertiary/aromatic N) is 1. The Kier molecular flexibility index (Phi) is 6.24. The number of methoxy groups -OCH3 is 2. The number of hydrogen-bond donors (Lipinski definition) is 2. The summed E-state index contributed by atoms with van der Waals surface area (Å²) < 4.78 is 10.4. The van der Waals surface area contributed by atoms with Crippen LogP contribution in [0, 0.1) is 10.1 Å². The van der Waals surface area contributed by atoms with Crippen molar-refractivity contribution >= 4 is 34.6 Å². The molecule has 0 saturated carbocycles. The van der Waals surface area contributed by atoms with Crippen LogP contribution in [0.25, 0.3) is 0 Å². The van der Waals surface area contributed by atoms with Gasteiger partial charge in [0.05, 0.1) is 29.9 Å². The number of benzene rings is 2. The summed E-state index contributed by atoms with van der Waals surface area (Å²) in [7, 11) is 2.99. The van der Waals surface area contributed by atoms with E-state index in [-0.39, 0.29) is 11.6 Å². The zero-order chi connectivity index (χ0) is 19.3. The summed E-state index contributed by atoms with van der Waals surface area (Å²) in [5, 5.41) is 16.7. The van der Waals surface area contributed by atoms with Gasteiger partial charge in [-0.05, 0) is 25.1 Å². The number of rotatable bonds is 7. The number of halogens is 1. The smallest absolute Gasteiger partial charge is 0.269 e. The van der Waals surface area contributed by atoms with Crippen LogP contribution < -0.4 is 20.1 Å². The van der Waals surface area contributed by atoms with Crippen molar-refractivity contribution in [1.29, 1.82) is 0 Å². The Bertz CT molecular complexity index is 811. The minimum Gasteiger partial charge on any atom is -0.495 e. The van der Waals surface area contributed by atoms with Gasteiger partial charge in [0.1, 0.15) is 17.5 Å². The molecule has 2 rings (SSSR count). The Morgan fingerprint density at radius 1 is 1.15 bits per heavy atom. The lowest BCUT2D eigenvalue weighted by Crippen LogP contribution is -2.32. The molecule has 8 nitrogen and oxygen atoms in total. The third-order valence-electron chi connectivity index (χ3n) is 3.58. The van der Waals surface area contributed by atoms with Crippen molar-refractivity contribution in [2.45, 2.75) is 13.0 Å². The second-order valence-corrected chi connectivity index (χ2v) is 5.75. The van der Waals surface area contributed by atoms with E-state index in [1.807, 2.05) is 0 Å². The minimum atomic E-state index is -0.622. The van der Waals surface area contributed by atoms with E-state index in [1.165, 1.54) is 38.5 Å². The lowest BCUT2D eigenvalue weighted by Gasteiger charge is -2.18. The molecule has 0 spiro atoms. The Morgan fingerprint density at radius 3 is 2.31 bits per heavy atom. The fraction of sp³-hybridized carbons (Fsp3) is 0.235. The fourth-order valence-corrected chi connectivity index (χ4v) is 2.43. The molecule has 9 heteroatoms. The Hall–Kier alpha value is -3.00. The van der Waals surface area contributed by atoms with Gasteiger partial charge in [-0.3, -0.25) is 14.9 Å². The molecule has 138 valence electrons. The highest BCUT2D eigenvalue weighted by Crippen LogP contribution is 2.36. The summed E-state index contributed by atoms with van der Waals surface area (Å²) in [6.45, 7) is 1.66. The number of amides is 1. The van der Waals surface area contributed by atoms with Crippen molar-refractivity contribution in [3.05, 3.63) is 51.5 Å². The van der Waals surface area contributed by atoms with Crippen molar-refractivity contribution in [2.75, 3.05) is 24.9 Å². The van der Waals surface area contributed by atoms with Gasteiger partial charge in [-0.1, -0.05) is 11.6 Å². The lowest BCUT2D eigenvalue weighted by molar-refractivity contribution is -0.384. The van der Waals surface area contributed by atoms with Gasteiger partial charge in [-0.15, -0.1) is 0 Å². The van der Waals surface area contributed by atoms with Crippen molar-refractivity contribution in [2.24, 2.45) is 0 Å². The first-order chi connectivity index (χ1) is 12.3. The highest BCUT2D eigenvalue weighted by molar-refractivity contribution is 6.32. The van der Waals surface area contributed by atoms with E-state index < -0.39 is 11.0 Å². The molecule has 26 heavy (non-hydrogen) atoms. The van der Waals surface area contributed by atoms with Crippen LogP contribution in [0.2, 0.25) is 5.02 Å². The second kappa shape index (κ2) is 8.39. The normalized spacial score (nSPS) is 11.4. The number of hydrogen-bond acceptors (Lipinski definition) is 6.